The lowest BCUT2D eigenvalue weighted by Gasteiger charge is -2.26. The van der Waals surface area contributed by atoms with Gasteiger partial charge in [-0.3, -0.25) is 9.59 Å². The van der Waals surface area contributed by atoms with Gasteiger partial charge in [0.1, 0.15) is 0 Å². The van der Waals surface area contributed by atoms with E-state index in [0.717, 1.165) is 4.47 Å². The second kappa shape index (κ2) is 6.68. The minimum atomic E-state index is -1.84. The van der Waals surface area contributed by atoms with Crippen molar-refractivity contribution in [1.82, 2.24) is 0 Å². The van der Waals surface area contributed by atoms with Crippen LogP contribution in [0.25, 0.3) is 0 Å². The number of carbonyl (C=O) groups excluding carboxylic acids is 1. The van der Waals surface area contributed by atoms with Crippen LogP contribution in [0.4, 0.5) is 0 Å². The summed E-state index contributed by atoms with van der Waals surface area (Å²) in [5.74, 6) is -2.12. The highest BCUT2D eigenvalue weighted by atomic mass is 79.9. The van der Waals surface area contributed by atoms with Crippen LogP contribution >= 0.6 is 15.9 Å². The Morgan fingerprint density at radius 2 is 1.89 bits per heavy atom. The first-order valence-electron chi connectivity index (χ1n) is 5.64. The molecule has 1 rings (SSSR count). The maximum Gasteiger partial charge on any atom is 0.330 e. The van der Waals surface area contributed by atoms with Crippen LogP contribution in [0, 0.1) is 0 Å². The molecule has 0 saturated carbocycles. The van der Waals surface area contributed by atoms with Gasteiger partial charge in [-0.2, -0.15) is 0 Å². The molecule has 1 unspecified atom stereocenters. The molecule has 5 nitrogen and oxygen atoms in total. The first kappa shape index (κ1) is 15.7. The van der Waals surface area contributed by atoms with E-state index in [1.54, 1.807) is 31.2 Å². The highest BCUT2D eigenvalue weighted by molar-refractivity contribution is 9.10. The second-order valence-corrected chi connectivity index (χ2v) is 4.79. The number of aliphatic carboxylic acids is 1. The number of carboxylic acid groups (broad SMARTS) is 1. The summed E-state index contributed by atoms with van der Waals surface area (Å²) in [6, 6.07) is 6.46. The largest absolute Gasteiger partial charge is 0.480 e. The Hall–Kier alpha value is -1.40. The molecule has 19 heavy (non-hydrogen) atoms. The number of hydrogen-bond acceptors (Lipinski definition) is 4. The van der Waals surface area contributed by atoms with E-state index < -0.39 is 17.4 Å². The number of methoxy groups -OCH3 is 1. The molecule has 0 saturated heterocycles. The summed E-state index contributed by atoms with van der Waals surface area (Å²) in [5.41, 5.74) is -1.52. The maximum atomic E-state index is 12.1. The normalized spacial score (nSPS) is 13.6. The highest BCUT2D eigenvalue weighted by Gasteiger charge is 2.49. The van der Waals surface area contributed by atoms with Gasteiger partial charge in [0.25, 0.3) is 0 Å². The van der Waals surface area contributed by atoms with E-state index in [2.05, 4.69) is 15.9 Å². The minimum absolute atomic E-state index is 0.105. The van der Waals surface area contributed by atoms with Crippen LogP contribution in [-0.2, 0) is 24.5 Å². The molecule has 0 aliphatic carbocycles. The van der Waals surface area contributed by atoms with Crippen molar-refractivity contribution >= 4 is 27.9 Å². The Bertz CT molecular complexity index is 457. The van der Waals surface area contributed by atoms with Crippen molar-refractivity contribution in [3.63, 3.8) is 0 Å². The monoisotopic (exact) mass is 330 g/mol. The van der Waals surface area contributed by atoms with Crippen LogP contribution < -0.4 is 0 Å². The summed E-state index contributed by atoms with van der Waals surface area (Å²) in [6.45, 7) is 1.44. The SMILES string of the molecule is CCOC(=O)C(COC)(C(=O)O)c1ccc(Br)cc1. The molecule has 0 fully saturated rings. The van der Waals surface area contributed by atoms with Crippen molar-refractivity contribution in [3.8, 4) is 0 Å². The van der Waals surface area contributed by atoms with E-state index in [-0.39, 0.29) is 13.2 Å². The quantitative estimate of drug-likeness (QED) is 0.637. The van der Waals surface area contributed by atoms with Gasteiger partial charge in [-0.05, 0) is 24.6 Å². The molecule has 0 radical (unpaired) electrons. The van der Waals surface area contributed by atoms with E-state index in [4.69, 9.17) is 9.47 Å². The molecular formula is C13H15BrO5. The molecule has 6 heteroatoms. The van der Waals surface area contributed by atoms with Crippen molar-refractivity contribution in [2.75, 3.05) is 20.3 Å². The van der Waals surface area contributed by atoms with Crippen LogP contribution in [0.1, 0.15) is 12.5 Å². The molecule has 0 aliphatic rings. The fourth-order valence-corrected chi connectivity index (χ4v) is 2.00. The average molecular weight is 331 g/mol. The molecule has 0 amide bonds. The molecule has 0 aliphatic heterocycles. The van der Waals surface area contributed by atoms with Gasteiger partial charge in [0.15, 0.2) is 0 Å². The third-order valence-corrected chi connectivity index (χ3v) is 3.22. The first-order valence-corrected chi connectivity index (χ1v) is 6.44. The smallest absolute Gasteiger partial charge is 0.330 e. The van der Waals surface area contributed by atoms with Gasteiger partial charge in [-0.1, -0.05) is 28.1 Å². The van der Waals surface area contributed by atoms with Crippen molar-refractivity contribution in [2.24, 2.45) is 0 Å². The van der Waals surface area contributed by atoms with Gasteiger partial charge >= 0.3 is 11.9 Å². The fraction of sp³-hybridized carbons (Fsp3) is 0.385. The molecule has 0 spiro atoms. The molecular weight excluding hydrogens is 316 g/mol. The zero-order chi connectivity index (χ0) is 14.5. The third-order valence-electron chi connectivity index (χ3n) is 2.69. The van der Waals surface area contributed by atoms with Crippen molar-refractivity contribution in [3.05, 3.63) is 34.3 Å². The van der Waals surface area contributed by atoms with E-state index in [0.29, 0.717) is 5.56 Å². The lowest BCUT2D eigenvalue weighted by Crippen LogP contribution is -2.48. The molecule has 1 aromatic rings. The Balaban J connectivity index is 3.34. The van der Waals surface area contributed by atoms with Gasteiger partial charge in [0.05, 0.1) is 13.2 Å². The molecule has 1 aromatic carbocycles. The minimum Gasteiger partial charge on any atom is -0.480 e. The number of ether oxygens (including phenoxy) is 2. The number of carboxylic acids is 1. The second-order valence-electron chi connectivity index (χ2n) is 3.87. The van der Waals surface area contributed by atoms with Crippen LogP contribution in [0.2, 0.25) is 0 Å². The Morgan fingerprint density at radius 1 is 1.32 bits per heavy atom. The van der Waals surface area contributed by atoms with Crippen molar-refractivity contribution < 1.29 is 24.2 Å². The van der Waals surface area contributed by atoms with E-state index in [1.807, 2.05) is 0 Å². The van der Waals surface area contributed by atoms with Gasteiger partial charge in [-0.15, -0.1) is 0 Å². The predicted molar refractivity (Wildman–Crippen MR) is 72.0 cm³/mol. The number of hydrogen-bond donors (Lipinski definition) is 1. The molecule has 1 N–H and O–H groups in total. The lowest BCUT2D eigenvalue weighted by atomic mass is 9.81. The average Bonchev–Trinajstić information content (AvgIpc) is 2.37. The van der Waals surface area contributed by atoms with E-state index >= 15 is 0 Å². The maximum absolute atomic E-state index is 12.1. The molecule has 0 aromatic heterocycles. The van der Waals surface area contributed by atoms with Crippen molar-refractivity contribution in [2.45, 2.75) is 12.3 Å². The van der Waals surface area contributed by atoms with Crippen LogP contribution in [0.15, 0.2) is 28.7 Å². The Kier molecular flexibility index (Phi) is 5.50. The van der Waals surface area contributed by atoms with Crippen LogP contribution in [0.5, 0.6) is 0 Å². The van der Waals surface area contributed by atoms with Gasteiger partial charge in [-0.25, -0.2) is 0 Å². The standard InChI is InChI=1S/C13H15BrO5/c1-3-19-12(17)13(8-18-2,11(15)16)9-4-6-10(14)7-5-9/h4-7H,3,8H2,1-2H3,(H,15,16). The van der Waals surface area contributed by atoms with Gasteiger partial charge in [0.2, 0.25) is 5.41 Å². The molecule has 1 atom stereocenters. The Labute approximate surface area is 119 Å². The topological polar surface area (TPSA) is 72.8 Å². The Morgan fingerprint density at radius 3 is 2.32 bits per heavy atom. The highest BCUT2D eigenvalue weighted by Crippen LogP contribution is 2.28. The summed E-state index contributed by atoms with van der Waals surface area (Å²) in [7, 11) is 1.34. The molecule has 104 valence electrons. The van der Waals surface area contributed by atoms with Gasteiger partial charge < -0.3 is 14.6 Å². The predicted octanol–water partition coefficient (Wildman–Crippen LogP) is 1.98. The lowest BCUT2D eigenvalue weighted by molar-refractivity contribution is -0.164. The zero-order valence-corrected chi connectivity index (χ0v) is 12.3. The van der Waals surface area contributed by atoms with E-state index in [9.17, 15) is 14.7 Å². The molecule has 0 heterocycles. The van der Waals surface area contributed by atoms with Crippen molar-refractivity contribution in [1.29, 1.82) is 0 Å². The van der Waals surface area contributed by atoms with Gasteiger partial charge in [0, 0.05) is 11.6 Å². The summed E-state index contributed by atoms with van der Waals surface area (Å²) >= 11 is 3.26. The number of halogens is 1. The first-order chi connectivity index (χ1) is 8.98. The summed E-state index contributed by atoms with van der Waals surface area (Å²) in [4.78, 5) is 23.7. The number of esters is 1. The fourth-order valence-electron chi connectivity index (χ4n) is 1.74. The molecule has 0 bridgehead atoms. The zero-order valence-electron chi connectivity index (χ0n) is 10.7. The number of rotatable bonds is 6. The van der Waals surface area contributed by atoms with Crippen LogP contribution in [-0.4, -0.2) is 37.4 Å². The summed E-state index contributed by atoms with van der Waals surface area (Å²) in [5, 5.41) is 9.48. The summed E-state index contributed by atoms with van der Waals surface area (Å²) < 4.78 is 10.6. The summed E-state index contributed by atoms with van der Waals surface area (Å²) in [6.07, 6.45) is 0. The van der Waals surface area contributed by atoms with E-state index in [1.165, 1.54) is 7.11 Å². The third kappa shape index (κ3) is 3.13. The number of benzene rings is 1. The van der Waals surface area contributed by atoms with Crippen LogP contribution in [0.3, 0.4) is 0 Å². The number of carbonyl (C=O) groups is 2.